The van der Waals surface area contributed by atoms with E-state index in [9.17, 15) is 9.59 Å². The van der Waals surface area contributed by atoms with Gasteiger partial charge >= 0.3 is 0 Å². The van der Waals surface area contributed by atoms with Gasteiger partial charge in [0.25, 0.3) is 0 Å². The minimum Gasteiger partial charge on any atom is -0.497 e. The van der Waals surface area contributed by atoms with Gasteiger partial charge in [-0.15, -0.1) is 0 Å². The first kappa shape index (κ1) is 19.2. The van der Waals surface area contributed by atoms with Gasteiger partial charge in [0.2, 0.25) is 0 Å². The van der Waals surface area contributed by atoms with Crippen molar-refractivity contribution in [3.8, 4) is 23.0 Å². The normalized spacial score (nSPS) is 13.6. The van der Waals surface area contributed by atoms with E-state index in [1.54, 1.807) is 36.4 Å². The van der Waals surface area contributed by atoms with Crippen LogP contribution in [-0.2, 0) is 9.59 Å². The van der Waals surface area contributed by atoms with E-state index in [1.165, 1.54) is 40.6 Å². The number of ketones is 2. The number of ether oxygens (including phenoxy) is 4. The highest BCUT2D eigenvalue weighted by molar-refractivity contribution is 6.48. The molecule has 0 N–H and O–H groups in total. The molecule has 0 atom stereocenters. The van der Waals surface area contributed by atoms with E-state index in [1.807, 2.05) is 0 Å². The van der Waals surface area contributed by atoms with Crippen molar-refractivity contribution >= 4 is 22.7 Å². The molecule has 0 saturated heterocycles. The van der Waals surface area contributed by atoms with Crippen LogP contribution >= 0.6 is 0 Å². The molecule has 6 heteroatoms. The maximum Gasteiger partial charge on any atom is 0.187 e. The molecule has 0 aliphatic heterocycles. The molecule has 3 rings (SSSR count). The summed E-state index contributed by atoms with van der Waals surface area (Å²) in [6.45, 7) is 0. The topological polar surface area (TPSA) is 71.1 Å². The highest BCUT2D eigenvalue weighted by Crippen LogP contribution is 2.37. The first-order chi connectivity index (χ1) is 13.5. The maximum absolute atomic E-state index is 12.8. The summed E-state index contributed by atoms with van der Waals surface area (Å²) in [7, 11) is 6.09. The van der Waals surface area contributed by atoms with E-state index in [2.05, 4.69) is 0 Å². The van der Waals surface area contributed by atoms with E-state index in [4.69, 9.17) is 18.9 Å². The fourth-order valence-corrected chi connectivity index (χ4v) is 3.04. The number of rotatable bonds is 6. The smallest absolute Gasteiger partial charge is 0.187 e. The van der Waals surface area contributed by atoms with Gasteiger partial charge in [-0.1, -0.05) is 0 Å². The molecule has 2 aromatic rings. The number of benzene rings is 2. The Hall–Kier alpha value is -3.54. The predicted octanol–water partition coefficient (Wildman–Crippen LogP) is 3.34. The molecule has 0 amide bonds. The van der Waals surface area contributed by atoms with Gasteiger partial charge in [0.15, 0.2) is 11.6 Å². The van der Waals surface area contributed by atoms with Crippen molar-refractivity contribution < 1.29 is 28.5 Å². The minimum absolute atomic E-state index is 0.264. The summed E-state index contributed by atoms with van der Waals surface area (Å²) >= 11 is 0. The molecule has 6 nitrogen and oxygen atoms in total. The Morgan fingerprint density at radius 1 is 0.500 bits per heavy atom. The van der Waals surface area contributed by atoms with Crippen LogP contribution in [0.5, 0.6) is 23.0 Å². The lowest BCUT2D eigenvalue weighted by Crippen LogP contribution is -2.13. The van der Waals surface area contributed by atoms with Gasteiger partial charge in [-0.25, -0.2) is 0 Å². The van der Waals surface area contributed by atoms with Crippen molar-refractivity contribution in [2.45, 2.75) is 0 Å². The standard InChI is InChI=1S/C22H20O6/c1-25-15-7-13(8-16(11-15)26-2)21-19(23)5-6-20(24)22(21)14-9-17(27-3)12-18(10-14)28-4/h5-12H,1-4H3. The molecular formula is C22H20O6. The van der Waals surface area contributed by atoms with Gasteiger partial charge in [0, 0.05) is 23.3 Å². The predicted molar refractivity (Wildman–Crippen MR) is 105 cm³/mol. The SMILES string of the molecule is COc1cc(OC)cc(C2=C(c3cc(OC)cc(OC)c3)C(=O)C=CC2=O)c1. The molecule has 0 bridgehead atoms. The number of hydrogen-bond acceptors (Lipinski definition) is 6. The van der Waals surface area contributed by atoms with E-state index in [0.29, 0.717) is 34.1 Å². The molecule has 2 aromatic carbocycles. The molecule has 0 unspecified atom stereocenters. The number of carbonyl (C=O) groups excluding carboxylic acids is 2. The maximum atomic E-state index is 12.8. The lowest BCUT2D eigenvalue weighted by Gasteiger charge is -2.18. The monoisotopic (exact) mass is 380 g/mol. The first-order valence-corrected chi connectivity index (χ1v) is 8.48. The Morgan fingerprint density at radius 2 is 0.786 bits per heavy atom. The lowest BCUT2D eigenvalue weighted by molar-refractivity contribution is -0.112. The van der Waals surface area contributed by atoms with Gasteiger partial charge in [-0.2, -0.15) is 0 Å². The molecule has 144 valence electrons. The second kappa shape index (κ2) is 8.00. The van der Waals surface area contributed by atoms with Gasteiger partial charge < -0.3 is 18.9 Å². The molecule has 0 spiro atoms. The van der Waals surface area contributed by atoms with Crippen molar-refractivity contribution in [1.29, 1.82) is 0 Å². The van der Waals surface area contributed by atoms with Crippen LogP contribution in [0.1, 0.15) is 11.1 Å². The largest absolute Gasteiger partial charge is 0.497 e. The molecule has 1 aliphatic rings. The average Bonchev–Trinajstić information content (AvgIpc) is 2.73. The Labute approximate surface area is 163 Å². The highest BCUT2D eigenvalue weighted by atomic mass is 16.5. The van der Waals surface area contributed by atoms with Crippen LogP contribution in [-0.4, -0.2) is 40.0 Å². The van der Waals surface area contributed by atoms with Crippen molar-refractivity contribution in [2.75, 3.05) is 28.4 Å². The Morgan fingerprint density at radius 3 is 1.04 bits per heavy atom. The van der Waals surface area contributed by atoms with E-state index >= 15 is 0 Å². The lowest BCUT2D eigenvalue weighted by atomic mass is 9.85. The molecule has 0 heterocycles. The van der Waals surface area contributed by atoms with Crippen molar-refractivity contribution in [3.05, 3.63) is 59.7 Å². The van der Waals surface area contributed by atoms with E-state index < -0.39 is 0 Å². The van der Waals surface area contributed by atoms with Crippen molar-refractivity contribution in [2.24, 2.45) is 0 Å². The summed E-state index contributed by atoms with van der Waals surface area (Å²) in [5.41, 5.74) is 1.58. The third kappa shape index (κ3) is 3.62. The van der Waals surface area contributed by atoms with Crippen molar-refractivity contribution in [3.63, 3.8) is 0 Å². The van der Waals surface area contributed by atoms with Crippen LogP contribution in [0.4, 0.5) is 0 Å². The van der Waals surface area contributed by atoms with Crippen molar-refractivity contribution in [1.82, 2.24) is 0 Å². The van der Waals surface area contributed by atoms with Gasteiger partial charge in [-0.3, -0.25) is 9.59 Å². The zero-order valence-electron chi connectivity index (χ0n) is 16.1. The van der Waals surface area contributed by atoms with E-state index in [0.717, 1.165) is 0 Å². The fourth-order valence-electron chi connectivity index (χ4n) is 3.04. The zero-order chi connectivity index (χ0) is 20.3. The molecule has 0 fully saturated rings. The molecule has 0 radical (unpaired) electrons. The highest BCUT2D eigenvalue weighted by Gasteiger charge is 2.27. The van der Waals surface area contributed by atoms with Crippen LogP contribution in [0.15, 0.2) is 48.6 Å². The number of hydrogen-bond donors (Lipinski definition) is 0. The summed E-state index contributed by atoms with van der Waals surface area (Å²) in [5, 5.41) is 0. The van der Waals surface area contributed by atoms with Crippen LogP contribution in [0, 0.1) is 0 Å². The van der Waals surface area contributed by atoms with E-state index in [-0.39, 0.29) is 22.7 Å². The van der Waals surface area contributed by atoms with Gasteiger partial charge in [-0.05, 0) is 47.5 Å². The second-order valence-electron chi connectivity index (χ2n) is 6.01. The van der Waals surface area contributed by atoms with Gasteiger partial charge in [0.1, 0.15) is 23.0 Å². The van der Waals surface area contributed by atoms with Crippen LogP contribution in [0.2, 0.25) is 0 Å². The summed E-state index contributed by atoms with van der Waals surface area (Å²) in [6.07, 6.45) is 2.54. The third-order valence-electron chi connectivity index (χ3n) is 4.41. The van der Waals surface area contributed by atoms with Gasteiger partial charge in [0.05, 0.1) is 28.4 Å². The average molecular weight is 380 g/mol. The number of allylic oxidation sites excluding steroid dienone is 4. The van der Waals surface area contributed by atoms with Crippen LogP contribution in [0.3, 0.4) is 0 Å². The number of carbonyl (C=O) groups is 2. The third-order valence-corrected chi connectivity index (χ3v) is 4.41. The minimum atomic E-state index is -0.285. The second-order valence-corrected chi connectivity index (χ2v) is 6.01. The first-order valence-electron chi connectivity index (χ1n) is 8.48. The molecule has 0 aromatic heterocycles. The van der Waals surface area contributed by atoms with Crippen LogP contribution in [0.25, 0.3) is 11.1 Å². The Bertz CT molecular complexity index is 876. The molecule has 1 aliphatic carbocycles. The zero-order valence-corrected chi connectivity index (χ0v) is 16.1. The number of methoxy groups -OCH3 is 4. The quantitative estimate of drug-likeness (QED) is 0.716. The summed E-state index contributed by atoms with van der Waals surface area (Å²) < 4.78 is 21.2. The fraction of sp³-hybridized carbons (Fsp3) is 0.182. The summed E-state index contributed by atoms with van der Waals surface area (Å²) in [4.78, 5) is 25.6. The Kier molecular flexibility index (Phi) is 5.49. The molecule has 0 saturated carbocycles. The molecular weight excluding hydrogens is 360 g/mol. The summed E-state index contributed by atoms with van der Waals surface area (Å²) in [6, 6.07) is 10.2. The summed E-state index contributed by atoms with van der Waals surface area (Å²) in [5.74, 6) is 1.48. The molecule has 28 heavy (non-hydrogen) atoms. The Balaban J connectivity index is 2.31. The van der Waals surface area contributed by atoms with Crippen LogP contribution < -0.4 is 18.9 Å².